The summed E-state index contributed by atoms with van der Waals surface area (Å²) in [6, 6.07) is 8.15. The molecule has 1 aromatic rings. The lowest BCUT2D eigenvalue weighted by molar-refractivity contribution is 0.0939. The molecule has 5 heteroatoms. The zero-order chi connectivity index (χ0) is 16.7. The van der Waals surface area contributed by atoms with E-state index in [0.717, 1.165) is 57.0 Å². The summed E-state index contributed by atoms with van der Waals surface area (Å²) < 4.78 is 5.14. The number of rotatable bonds is 7. The predicted molar refractivity (Wildman–Crippen MR) is 94.2 cm³/mol. The molecule has 1 saturated heterocycles. The minimum atomic E-state index is 0.0138. The number of methoxy groups -OCH3 is 1. The monoisotopic (exact) mass is 319 g/mol. The molecule has 0 aromatic heterocycles. The Balaban J connectivity index is 1.94. The van der Waals surface area contributed by atoms with Crippen molar-refractivity contribution < 1.29 is 9.53 Å². The molecule has 1 heterocycles. The second kappa shape index (κ2) is 8.89. The van der Waals surface area contributed by atoms with Crippen LogP contribution in [0.25, 0.3) is 0 Å². The summed E-state index contributed by atoms with van der Waals surface area (Å²) in [6.45, 7) is 9.91. The van der Waals surface area contributed by atoms with Crippen molar-refractivity contribution in [3.63, 3.8) is 0 Å². The number of piperazine rings is 1. The quantitative estimate of drug-likeness (QED) is 0.835. The Kier molecular flexibility index (Phi) is 6.86. The molecule has 1 N–H and O–H groups in total. The summed E-state index contributed by atoms with van der Waals surface area (Å²) in [5.41, 5.74) is 1.87. The molecule has 1 aliphatic heterocycles. The van der Waals surface area contributed by atoms with Crippen LogP contribution in [0.3, 0.4) is 0 Å². The van der Waals surface area contributed by atoms with Gasteiger partial charge in [0.1, 0.15) is 0 Å². The van der Waals surface area contributed by atoms with Gasteiger partial charge in [-0.2, -0.15) is 0 Å². The number of amides is 1. The summed E-state index contributed by atoms with van der Waals surface area (Å²) in [6.07, 6.45) is 0.939. The molecule has 1 fully saturated rings. The van der Waals surface area contributed by atoms with Crippen molar-refractivity contribution in [1.82, 2.24) is 10.2 Å². The van der Waals surface area contributed by atoms with Gasteiger partial charge in [0.15, 0.2) is 0 Å². The zero-order valence-corrected chi connectivity index (χ0v) is 14.5. The van der Waals surface area contributed by atoms with Crippen molar-refractivity contribution >= 4 is 11.6 Å². The molecule has 0 bridgehead atoms. The fourth-order valence-corrected chi connectivity index (χ4v) is 2.70. The highest BCUT2D eigenvalue weighted by Gasteiger charge is 2.18. The third-order valence-electron chi connectivity index (χ3n) is 4.45. The molecule has 1 atom stereocenters. The average Bonchev–Trinajstić information content (AvgIpc) is 2.60. The molecule has 0 saturated carbocycles. The Morgan fingerprint density at radius 1 is 1.30 bits per heavy atom. The smallest absolute Gasteiger partial charge is 0.251 e. The summed E-state index contributed by atoms with van der Waals surface area (Å²) in [7, 11) is 1.74. The van der Waals surface area contributed by atoms with Crippen molar-refractivity contribution in [1.29, 1.82) is 0 Å². The van der Waals surface area contributed by atoms with E-state index >= 15 is 0 Å². The van der Waals surface area contributed by atoms with Crippen LogP contribution in [0.2, 0.25) is 0 Å². The SMILES string of the molecule is CCC(C)NC(=O)c1cccc(N2CCN(CCOC)CC2)c1. The van der Waals surface area contributed by atoms with Gasteiger partial charge in [-0.15, -0.1) is 0 Å². The van der Waals surface area contributed by atoms with Crippen LogP contribution >= 0.6 is 0 Å². The number of hydrogen-bond donors (Lipinski definition) is 1. The third kappa shape index (κ3) is 5.22. The summed E-state index contributed by atoms with van der Waals surface area (Å²) in [5.74, 6) is 0.0138. The van der Waals surface area contributed by atoms with Crippen LogP contribution in [0.1, 0.15) is 30.6 Å². The summed E-state index contributed by atoms with van der Waals surface area (Å²) >= 11 is 0. The van der Waals surface area contributed by atoms with Crippen LogP contribution in [0.4, 0.5) is 5.69 Å². The van der Waals surface area contributed by atoms with Crippen LogP contribution in [-0.4, -0.2) is 63.3 Å². The Bertz CT molecular complexity index is 499. The summed E-state index contributed by atoms with van der Waals surface area (Å²) in [5, 5.41) is 3.03. The standard InChI is InChI=1S/C18H29N3O2/c1-4-15(2)19-18(22)16-6-5-7-17(14-16)21-10-8-20(9-11-21)12-13-23-3/h5-7,14-15H,4,8-13H2,1-3H3,(H,19,22). The number of ether oxygens (including phenoxy) is 1. The molecular formula is C18H29N3O2. The van der Waals surface area contributed by atoms with Crippen LogP contribution in [0.15, 0.2) is 24.3 Å². The van der Waals surface area contributed by atoms with E-state index in [0.29, 0.717) is 0 Å². The maximum Gasteiger partial charge on any atom is 0.251 e. The van der Waals surface area contributed by atoms with Gasteiger partial charge in [0.05, 0.1) is 6.61 Å². The van der Waals surface area contributed by atoms with Gasteiger partial charge in [0.25, 0.3) is 5.91 Å². The number of nitrogens with zero attached hydrogens (tertiary/aromatic N) is 2. The van der Waals surface area contributed by atoms with E-state index in [2.05, 4.69) is 28.1 Å². The zero-order valence-electron chi connectivity index (χ0n) is 14.5. The van der Waals surface area contributed by atoms with Gasteiger partial charge in [0.2, 0.25) is 0 Å². The number of carbonyl (C=O) groups excluding carboxylic acids is 1. The third-order valence-corrected chi connectivity index (χ3v) is 4.45. The minimum absolute atomic E-state index is 0.0138. The molecule has 1 unspecified atom stereocenters. The van der Waals surface area contributed by atoms with E-state index in [1.54, 1.807) is 7.11 Å². The maximum atomic E-state index is 12.3. The second-order valence-electron chi connectivity index (χ2n) is 6.15. The lowest BCUT2D eigenvalue weighted by atomic mass is 10.1. The van der Waals surface area contributed by atoms with Crippen LogP contribution in [-0.2, 0) is 4.74 Å². The molecule has 2 rings (SSSR count). The maximum absolute atomic E-state index is 12.3. The lowest BCUT2D eigenvalue weighted by Crippen LogP contribution is -2.47. The highest BCUT2D eigenvalue weighted by atomic mass is 16.5. The molecule has 1 aliphatic rings. The number of nitrogens with one attached hydrogen (secondary N) is 1. The van der Waals surface area contributed by atoms with E-state index in [9.17, 15) is 4.79 Å². The molecular weight excluding hydrogens is 290 g/mol. The number of carbonyl (C=O) groups is 1. The number of anilines is 1. The second-order valence-corrected chi connectivity index (χ2v) is 6.15. The van der Waals surface area contributed by atoms with Gasteiger partial charge in [-0.05, 0) is 31.5 Å². The fourth-order valence-electron chi connectivity index (χ4n) is 2.70. The molecule has 23 heavy (non-hydrogen) atoms. The van der Waals surface area contributed by atoms with E-state index in [-0.39, 0.29) is 11.9 Å². The van der Waals surface area contributed by atoms with Crippen molar-refractivity contribution in [2.24, 2.45) is 0 Å². The first kappa shape index (κ1) is 17.8. The Hall–Kier alpha value is -1.59. The molecule has 0 aliphatic carbocycles. The number of hydrogen-bond acceptors (Lipinski definition) is 4. The lowest BCUT2D eigenvalue weighted by Gasteiger charge is -2.36. The molecule has 0 radical (unpaired) electrons. The van der Waals surface area contributed by atoms with Crippen LogP contribution in [0, 0.1) is 0 Å². The van der Waals surface area contributed by atoms with Gasteiger partial charge >= 0.3 is 0 Å². The first-order valence-corrected chi connectivity index (χ1v) is 8.51. The minimum Gasteiger partial charge on any atom is -0.383 e. The molecule has 1 amide bonds. The van der Waals surface area contributed by atoms with Gasteiger partial charge in [-0.25, -0.2) is 0 Å². The van der Waals surface area contributed by atoms with Crippen molar-refractivity contribution in [2.75, 3.05) is 51.3 Å². The van der Waals surface area contributed by atoms with Gasteiger partial charge in [-0.1, -0.05) is 13.0 Å². The van der Waals surface area contributed by atoms with Gasteiger partial charge in [-0.3, -0.25) is 9.69 Å². The van der Waals surface area contributed by atoms with Crippen LogP contribution in [0.5, 0.6) is 0 Å². The van der Waals surface area contributed by atoms with E-state index in [1.165, 1.54) is 0 Å². The normalized spacial score (nSPS) is 17.1. The largest absolute Gasteiger partial charge is 0.383 e. The highest BCUT2D eigenvalue weighted by molar-refractivity contribution is 5.95. The Labute approximate surface area is 139 Å². The number of benzene rings is 1. The van der Waals surface area contributed by atoms with Gasteiger partial charge < -0.3 is 15.0 Å². The van der Waals surface area contributed by atoms with Crippen molar-refractivity contribution in [3.05, 3.63) is 29.8 Å². The summed E-state index contributed by atoms with van der Waals surface area (Å²) in [4.78, 5) is 17.0. The van der Waals surface area contributed by atoms with Crippen molar-refractivity contribution in [3.8, 4) is 0 Å². The van der Waals surface area contributed by atoms with Gasteiger partial charge in [0, 0.05) is 57.1 Å². The van der Waals surface area contributed by atoms with Crippen LogP contribution < -0.4 is 10.2 Å². The Morgan fingerprint density at radius 3 is 2.70 bits per heavy atom. The van der Waals surface area contributed by atoms with E-state index in [1.807, 2.05) is 25.1 Å². The first-order chi connectivity index (χ1) is 11.1. The fraction of sp³-hybridized carbons (Fsp3) is 0.611. The topological polar surface area (TPSA) is 44.8 Å². The molecule has 0 spiro atoms. The van der Waals surface area contributed by atoms with E-state index < -0.39 is 0 Å². The van der Waals surface area contributed by atoms with Crippen molar-refractivity contribution in [2.45, 2.75) is 26.3 Å². The average molecular weight is 319 g/mol. The highest BCUT2D eigenvalue weighted by Crippen LogP contribution is 2.18. The predicted octanol–water partition coefficient (Wildman–Crippen LogP) is 1.98. The molecule has 5 nitrogen and oxygen atoms in total. The first-order valence-electron chi connectivity index (χ1n) is 8.51. The van der Waals surface area contributed by atoms with E-state index in [4.69, 9.17) is 4.74 Å². The Morgan fingerprint density at radius 2 is 2.04 bits per heavy atom. The molecule has 1 aromatic carbocycles. The molecule has 128 valence electrons.